The van der Waals surface area contributed by atoms with E-state index < -0.39 is 17.6 Å². The summed E-state index contributed by atoms with van der Waals surface area (Å²) < 4.78 is 40.6. The molecule has 3 N–H and O–H groups in total. The number of alkyl halides is 3. The number of H-pyrrole nitrogens is 1. The Morgan fingerprint density at radius 3 is 2.44 bits per heavy atom. The van der Waals surface area contributed by atoms with Crippen molar-refractivity contribution >= 4 is 10.9 Å². The number of aromatic amines is 1. The molecule has 0 aliphatic carbocycles. The van der Waals surface area contributed by atoms with Crippen LogP contribution >= 0.6 is 0 Å². The molecule has 0 unspecified atom stereocenters. The van der Waals surface area contributed by atoms with E-state index in [1.807, 2.05) is 11.2 Å². The van der Waals surface area contributed by atoms with Crippen molar-refractivity contribution in [3.8, 4) is 34.0 Å². The van der Waals surface area contributed by atoms with Crippen LogP contribution in [-0.4, -0.2) is 25.4 Å². The van der Waals surface area contributed by atoms with E-state index in [1.54, 1.807) is 24.3 Å². The third-order valence-corrected chi connectivity index (χ3v) is 4.14. The highest BCUT2D eigenvalue weighted by Gasteiger charge is 2.38. The molecular weight excluding hydrogens is 359 g/mol. The van der Waals surface area contributed by atoms with Crippen molar-refractivity contribution in [3.63, 3.8) is 0 Å². The van der Waals surface area contributed by atoms with Gasteiger partial charge in [-0.2, -0.15) is 18.3 Å². The highest BCUT2D eigenvalue weighted by Crippen LogP contribution is 2.43. The Kier molecular flexibility index (Phi) is 3.76. The fraction of sp³-hybridized carbons (Fsp3) is 0.0526. The minimum Gasteiger partial charge on any atom is -0.508 e. The molecule has 4 rings (SSSR count). The molecule has 2 heterocycles. The SMILES string of the molecule is Oc1ccc(-c2n[nH]c(C(F)(F)F)c2-c2ccc3ccccc3n2)c(O)c1. The van der Waals surface area contributed by atoms with Gasteiger partial charge in [0.05, 0.1) is 16.8 Å². The number of hydrogen-bond acceptors (Lipinski definition) is 4. The first kappa shape index (κ1) is 16.9. The van der Waals surface area contributed by atoms with E-state index in [1.165, 1.54) is 18.2 Å². The lowest BCUT2D eigenvalue weighted by molar-refractivity contribution is -0.140. The van der Waals surface area contributed by atoms with Gasteiger partial charge in [0.15, 0.2) is 0 Å². The van der Waals surface area contributed by atoms with Crippen molar-refractivity contribution in [2.24, 2.45) is 0 Å². The summed E-state index contributed by atoms with van der Waals surface area (Å²) in [5, 5.41) is 26.1. The first-order chi connectivity index (χ1) is 12.8. The predicted octanol–water partition coefficient (Wildman–Crippen LogP) is 4.72. The standard InChI is InChI=1S/C19H12F3N3O2/c20-19(21,22)18-16(14-8-5-10-3-1-2-4-13(10)23-14)17(24-25-18)12-7-6-11(26)9-15(12)27/h1-9,26-27H,(H,24,25). The number of pyridine rings is 1. The summed E-state index contributed by atoms with van der Waals surface area (Å²) in [7, 11) is 0. The average Bonchev–Trinajstić information content (AvgIpc) is 3.06. The molecule has 8 heteroatoms. The van der Waals surface area contributed by atoms with Crippen molar-refractivity contribution in [1.29, 1.82) is 0 Å². The molecule has 0 radical (unpaired) electrons. The Morgan fingerprint density at radius 1 is 0.926 bits per heavy atom. The first-order valence-corrected chi connectivity index (χ1v) is 7.88. The molecule has 2 aromatic heterocycles. The van der Waals surface area contributed by atoms with Gasteiger partial charge in [0, 0.05) is 17.0 Å². The number of benzene rings is 2. The van der Waals surface area contributed by atoms with Crippen LogP contribution < -0.4 is 0 Å². The number of phenols is 2. The molecule has 0 aliphatic heterocycles. The van der Waals surface area contributed by atoms with Crippen molar-refractivity contribution in [1.82, 2.24) is 15.2 Å². The third kappa shape index (κ3) is 2.95. The van der Waals surface area contributed by atoms with Crippen LogP contribution in [-0.2, 0) is 6.18 Å². The maximum absolute atomic E-state index is 13.5. The smallest absolute Gasteiger partial charge is 0.433 e. The molecule has 0 bridgehead atoms. The number of aromatic nitrogens is 3. The number of rotatable bonds is 2. The number of nitrogens with one attached hydrogen (secondary N) is 1. The Hall–Kier alpha value is -3.55. The van der Waals surface area contributed by atoms with Crippen LogP contribution in [0.3, 0.4) is 0 Å². The normalized spacial score (nSPS) is 11.8. The van der Waals surface area contributed by atoms with E-state index in [0.29, 0.717) is 5.52 Å². The van der Waals surface area contributed by atoms with Crippen molar-refractivity contribution in [2.45, 2.75) is 6.18 Å². The lowest BCUT2D eigenvalue weighted by Crippen LogP contribution is -2.07. The molecule has 136 valence electrons. The number of nitrogens with zero attached hydrogens (tertiary/aromatic N) is 2. The fourth-order valence-electron chi connectivity index (χ4n) is 2.92. The summed E-state index contributed by atoms with van der Waals surface area (Å²) in [4.78, 5) is 4.33. The van der Waals surface area contributed by atoms with Gasteiger partial charge in [-0.15, -0.1) is 0 Å². The van der Waals surface area contributed by atoms with E-state index in [-0.39, 0.29) is 28.3 Å². The van der Waals surface area contributed by atoms with Gasteiger partial charge in [-0.05, 0) is 24.3 Å². The number of phenolic OH excluding ortho intramolecular Hbond substituents is 2. The summed E-state index contributed by atoms with van der Waals surface area (Å²) in [5.74, 6) is -0.606. The summed E-state index contributed by atoms with van der Waals surface area (Å²) in [5.41, 5.74) is -0.795. The number of aromatic hydroxyl groups is 2. The first-order valence-electron chi connectivity index (χ1n) is 7.88. The molecule has 2 aromatic carbocycles. The predicted molar refractivity (Wildman–Crippen MR) is 93.1 cm³/mol. The van der Waals surface area contributed by atoms with Gasteiger partial charge in [0.1, 0.15) is 22.9 Å². The van der Waals surface area contributed by atoms with Crippen LogP contribution in [0.5, 0.6) is 11.5 Å². The summed E-state index contributed by atoms with van der Waals surface area (Å²) in [6, 6.07) is 13.8. The van der Waals surface area contributed by atoms with Gasteiger partial charge in [0.2, 0.25) is 0 Å². The van der Waals surface area contributed by atoms with Gasteiger partial charge in [-0.3, -0.25) is 5.10 Å². The average molecular weight is 371 g/mol. The molecule has 0 spiro atoms. The topological polar surface area (TPSA) is 82.0 Å². The number of fused-ring (bicyclic) bond motifs is 1. The zero-order valence-electron chi connectivity index (χ0n) is 13.6. The van der Waals surface area contributed by atoms with E-state index >= 15 is 0 Å². The quantitative estimate of drug-likeness (QED) is 0.476. The zero-order chi connectivity index (χ0) is 19.2. The second-order valence-corrected chi connectivity index (χ2v) is 5.91. The Balaban J connectivity index is 2.00. The Morgan fingerprint density at radius 2 is 1.70 bits per heavy atom. The second-order valence-electron chi connectivity index (χ2n) is 5.91. The molecule has 5 nitrogen and oxygen atoms in total. The number of para-hydroxylation sites is 1. The number of halogens is 3. The van der Waals surface area contributed by atoms with Gasteiger partial charge in [-0.1, -0.05) is 24.3 Å². The van der Waals surface area contributed by atoms with Crippen molar-refractivity contribution in [2.75, 3.05) is 0 Å². The van der Waals surface area contributed by atoms with Crippen molar-refractivity contribution < 1.29 is 23.4 Å². The minimum absolute atomic E-state index is 0.0458. The highest BCUT2D eigenvalue weighted by molar-refractivity contribution is 5.88. The zero-order valence-corrected chi connectivity index (χ0v) is 13.6. The number of hydrogen-bond donors (Lipinski definition) is 3. The third-order valence-electron chi connectivity index (χ3n) is 4.14. The van der Waals surface area contributed by atoms with Crippen molar-refractivity contribution in [3.05, 3.63) is 60.3 Å². The van der Waals surface area contributed by atoms with Crippen LogP contribution in [0.4, 0.5) is 13.2 Å². The Bertz CT molecular complexity index is 1150. The molecular formula is C19H12F3N3O2. The van der Waals surface area contributed by atoms with Crippen LogP contribution in [0, 0.1) is 0 Å². The molecule has 0 amide bonds. The molecule has 0 saturated carbocycles. The largest absolute Gasteiger partial charge is 0.508 e. The Labute approximate surface area is 150 Å². The van der Waals surface area contributed by atoms with Crippen LogP contribution in [0.1, 0.15) is 5.69 Å². The van der Waals surface area contributed by atoms with Gasteiger partial charge < -0.3 is 10.2 Å². The van der Waals surface area contributed by atoms with Crippen LogP contribution in [0.2, 0.25) is 0 Å². The van der Waals surface area contributed by atoms with E-state index in [2.05, 4.69) is 10.1 Å². The molecule has 0 aliphatic rings. The summed E-state index contributed by atoms with van der Waals surface area (Å²) >= 11 is 0. The summed E-state index contributed by atoms with van der Waals surface area (Å²) in [6.07, 6.45) is -4.69. The molecule has 0 saturated heterocycles. The van der Waals surface area contributed by atoms with Gasteiger partial charge >= 0.3 is 6.18 Å². The summed E-state index contributed by atoms with van der Waals surface area (Å²) in [6.45, 7) is 0. The van der Waals surface area contributed by atoms with Crippen LogP contribution in [0.15, 0.2) is 54.6 Å². The van der Waals surface area contributed by atoms with Gasteiger partial charge in [-0.25, -0.2) is 4.98 Å². The molecule has 0 atom stereocenters. The maximum atomic E-state index is 13.5. The van der Waals surface area contributed by atoms with E-state index in [4.69, 9.17) is 0 Å². The maximum Gasteiger partial charge on any atom is 0.433 e. The highest BCUT2D eigenvalue weighted by atomic mass is 19.4. The fourth-order valence-corrected chi connectivity index (χ4v) is 2.92. The van der Waals surface area contributed by atoms with Crippen LogP contribution in [0.25, 0.3) is 33.4 Å². The van der Waals surface area contributed by atoms with Gasteiger partial charge in [0.25, 0.3) is 0 Å². The lowest BCUT2D eigenvalue weighted by atomic mass is 10.0. The van der Waals surface area contributed by atoms with E-state index in [9.17, 15) is 23.4 Å². The molecule has 0 fully saturated rings. The minimum atomic E-state index is -4.69. The second kappa shape index (κ2) is 6.01. The lowest BCUT2D eigenvalue weighted by Gasteiger charge is -2.10. The molecule has 27 heavy (non-hydrogen) atoms. The van der Waals surface area contributed by atoms with E-state index in [0.717, 1.165) is 11.5 Å². The molecule has 4 aromatic rings. The monoisotopic (exact) mass is 371 g/mol.